The van der Waals surface area contributed by atoms with Crippen molar-refractivity contribution in [3.8, 4) is 5.75 Å². The lowest BCUT2D eigenvalue weighted by Gasteiger charge is -2.34. The van der Waals surface area contributed by atoms with Crippen LogP contribution >= 0.6 is 0 Å². The van der Waals surface area contributed by atoms with Gasteiger partial charge in [0, 0.05) is 18.7 Å². The van der Waals surface area contributed by atoms with Gasteiger partial charge in [0.2, 0.25) is 0 Å². The topological polar surface area (TPSA) is 32.3 Å². The number of halogens is 2. The highest BCUT2D eigenvalue weighted by molar-refractivity contribution is 5.31. The molecule has 0 atom stereocenters. The molecule has 1 aliphatic heterocycles. The second kappa shape index (κ2) is 3.20. The lowest BCUT2D eigenvalue weighted by Crippen LogP contribution is -2.50. The fourth-order valence-corrected chi connectivity index (χ4v) is 1.49. The number of benzene rings is 1. The van der Waals surface area contributed by atoms with Crippen molar-refractivity contribution >= 4 is 0 Å². The molecule has 0 spiro atoms. The molecule has 1 aromatic carbocycles. The van der Waals surface area contributed by atoms with Crippen LogP contribution in [0.4, 0.5) is 8.78 Å². The molecule has 0 saturated carbocycles. The molecule has 76 valence electrons. The van der Waals surface area contributed by atoms with Gasteiger partial charge in [0.05, 0.1) is 5.92 Å². The zero-order valence-electron chi connectivity index (χ0n) is 7.50. The number of phenolic OH excluding ortho intramolecular Hbond substituents is 1. The van der Waals surface area contributed by atoms with Crippen molar-refractivity contribution in [3.63, 3.8) is 0 Å². The summed E-state index contributed by atoms with van der Waals surface area (Å²) in [5, 5.41) is 11.9. The van der Waals surface area contributed by atoms with E-state index in [1.54, 1.807) is 0 Å². The van der Waals surface area contributed by atoms with E-state index in [4.69, 9.17) is 5.11 Å². The first-order valence-electron chi connectivity index (χ1n) is 4.49. The van der Waals surface area contributed by atoms with Gasteiger partial charge >= 0.3 is 0 Å². The van der Waals surface area contributed by atoms with Crippen molar-refractivity contribution in [1.82, 2.24) is 5.32 Å². The van der Waals surface area contributed by atoms with Gasteiger partial charge in [-0.3, -0.25) is 0 Å². The minimum atomic E-state index is -2.84. The van der Waals surface area contributed by atoms with Crippen LogP contribution in [-0.2, 0) is 5.92 Å². The zero-order valence-corrected chi connectivity index (χ0v) is 7.50. The maximum Gasteiger partial charge on any atom is 0.278 e. The van der Waals surface area contributed by atoms with Crippen LogP contribution < -0.4 is 5.32 Å². The van der Waals surface area contributed by atoms with Gasteiger partial charge in [0.15, 0.2) is 0 Å². The molecule has 0 aromatic heterocycles. The van der Waals surface area contributed by atoms with Crippen molar-refractivity contribution in [2.24, 2.45) is 5.92 Å². The van der Waals surface area contributed by atoms with Gasteiger partial charge in [-0.2, -0.15) is 0 Å². The molecule has 14 heavy (non-hydrogen) atoms. The maximum absolute atomic E-state index is 13.6. The lowest BCUT2D eigenvalue weighted by atomic mass is 9.90. The number of hydrogen-bond donors (Lipinski definition) is 2. The molecule has 1 fully saturated rings. The summed E-state index contributed by atoms with van der Waals surface area (Å²) in [6.45, 7) is 0.672. The zero-order chi connectivity index (χ0) is 10.2. The number of phenols is 1. The van der Waals surface area contributed by atoms with Crippen LogP contribution in [0, 0.1) is 5.92 Å². The van der Waals surface area contributed by atoms with Gasteiger partial charge < -0.3 is 10.4 Å². The SMILES string of the molecule is Oc1cccc(C(F)(F)C2CNC2)c1. The van der Waals surface area contributed by atoms with Gasteiger partial charge in [-0.15, -0.1) is 0 Å². The van der Waals surface area contributed by atoms with Crippen molar-refractivity contribution in [2.45, 2.75) is 5.92 Å². The Balaban J connectivity index is 2.28. The molecule has 0 radical (unpaired) electrons. The Kier molecular flexibility index (Phi) is 2.15. The summed E-state index contributed by atoms with van der Waals surface area (Å²) in [5.41, 5.74) is -0.107. The first-order valence-corrected chi connectivity index (χ1v) is 4.49. The Morgan fingerprint density at radius 2 is 2.07 bits per heavy atom. The van der Waals surface area contributed by atoms with Crippen molar-refractivity contribution in [2.75, 3.05) is 13.1 Å². The highest BCUT2D eigenvalue weighted by Gasteiger charge is 2.44. The summed E-state index contributed by atoms with van der Waals surface area (Å²) >= 11 is 0. The summed E-state index contributed by atoms with van der Waals surface area (Å²) in [6.07, 6.45) is 0. The lowest BCUT2D eigenvalue weighted by molar-refractivity contribution is -0.0835. The Morgan fingerprint density at radius 3 is 2.57 bits per heavy atom. The highest BCUT2D eigenvalue weighted by Crippen LogP contribution is 2.38. The van der Waals surface area contributed by atoms with E-state index >= 15 is 0 Å². The number of aromatic hydroxyl groups is 1. The fourth-order valence-electron chi connectivity index (χ4n) is 1.49. The molecular formula is C10H11F2NO. The summed E-state index contributed by atoms with van der Waals surface area (Å²) in [4.78, 5) is 0. The second-order valence-electron chi connectivity index (χ2n) is 3.53. The Labute approximate surface area is 80.6 Å². The molecule has 0 bridgehead atoms. The third-order valence-electron chi connectivity index (χ3n) is 2.53. The molecule has 4 heteroatoms. The maximum atomic E-state index is 13.6. The molecular weight excluding hydrogens is 188 g/mol. The summed E-state index contributed by atoms with van der Waals surface area (Å²) in [6, 6.07) is 5.29. The second-order valence-corrected chi connectivity index (χ2v) is 3.53. The smallest absolute Gasteiger partial charge is 0.278 e. The molecule has 2 rings (SSSR count). The van der Waals surface area contributed by atoms with E-state index in [0.717, 1.165) is 6.07 Å². The van der Waals surface area contributed by atoms with E-state index in [-0.39, 0.29) is 11.3 Å². The van der Waals surface area contributed by atoms with Gasteiger partial charge in [-0.25, -0.2) is 8.78 Å². The van der Waals surface area contributed by atoms with Crippen LogP contribution in [0.5, 0.6) is 5.75 Å². The molecule has 0 aliphatic carbocycles. The summed E-state index contributed by atoms with van der Waals surface area (Å²) in [5.74, 6) is -3.61. The molecule has 1 saturated heterocycles. The monoisotopic (exact) mass is 199 g/mol. The van der Waals surface area contributed by atoms with Gasteiger partial charge in [0.1, 0.15) is 5.75 Å². The number of nitrogens with one attached hydrogen (secondary N) is 1. The normalized spacial score (nSPS) is 17.9. The van der Waals surface area contributed by atoms with Gasteiger partial charge in [-0.05, 0) is 12.1 Å². The first-order chi connectivity index (χ1) is 6.60. The Morgan fingerprint density at radius 1 is 1.36 bits per heavy atom. The molecule has 1 aliphatic rings. The first kappa shape index (κ1) is 9.40. The van der Waals surface area contributed by atoms with Gasteiger partial charge in [0.25, 0.3) is 5.92 Å². The van der Waals surface area contributed by atoms with Crippen molar-refractivity contribution < 1.29 is 13.9 Å². The quantitative estimate of drug-likeness (QED) is 0.759. The Bertz CT molecular complexity index is 337. The van der Waals surface area contributed by atoms with E-state index in [0.29, 0.717) is 13.1 Å². The van der Waals surface area contributed by atoms with E-state index < -0.39 is 11.8 Å². The van der Waals surface area contributed by atoms with E-state index in [1.165, 1.54) is 18.2 Å². The minimum Gasteiger partial charge on any atom is -0.508 e. The average molecular weight is 199 g/mol. The average Bonchev–Trinajstić information content (AvgIpc) is 2.00. The molecule has 1 aromatic rings. The van der Waals surface area contributed by atoms with Crippen LogP contribution in [0.25, 0.3) is 0 Å². The minimum absolute atomic E-state index is 0.107. The number of rotatable bonds is 2. The predicted molar refractivity (Wildman–Crippen MR) is 48.4 cm³/mol. The van der Waals surface area contributed by atoms with Crippen LogP contribution in [0.15, 0.2) is 24.3 Å². The summed E-state index contributed by atoms with van der Waals surface area (Å²) in [7, 11) is 0. The molecule has 2 N–H and O–H groups in total. The van der Waals surface area contributed by atoms with Crippen molar-refractivity contribution in [3.05, 3.63) is 29.8 Å². The predicted octanol–water partition coefficient (Wildman–Crippen LogP) is 1.70. The fraction of sp³-hybridized carbons (Fsp3) is 0.400. The number of alkyl halides is 2. The third kappa shape index (κ3) is 1.46. The number of hydrogen-bond acceptors (Lipinski definition) is 2. The standard InChI is InChI=1S/C10H11F2NO/c11-10(12,8-5-13-6-8)7-2-1-3-9(14)4-7/h1-4,8,13-14H,5-6H2. The van der Waals surface area contributed by atoms with Gasteiger partial charge in [-0.1, -0.05) is 12.1 Å². The van der Waals surface area contributed by atoms with Crippen LogP contribution in [0.3, 0.4) is 0 Å². The van der Waals surface area contributed by atoms with Crippen LogP contribution in [0.2, 0.25) is 0 Å². The molecule has 0 unspecified atom stereocenters. The van der Waals surface area contributed by atoms with E-state index in [2.05, 4.69) is 5.32 Å². The summed E-state index contributed by atoms with van der Waals surface area (Å²) < 4.78 is 27.3. The van der Waals surface area contributed by atoms with E-state index in [9.17, 15) is 8.78 Å². The van der Waals surface area contributed by atoms with Crippen molar-refractivity contribution in [1.29, 1.82) is 0 Å². The third-order valence-corrected chi connectivity index (χ3v) is 2.53. The molecule has 1 heterocycles. The van der Waals surface area contributed by atoms with E-state index in [1.807, 2.05) is 0 Å². The molecule has 2 nitrogen and oxygen atoms in total. The Hall–Kier alpha value is -1.16. The van der Waals surface area contributed by atoms with Crippen LogP contribution in [0.1, 0.15) is 5.56 Å². The van der Waals surface area contributed by atoms with Crippen LogP contribution in [-0.4, -0.2) is 18.2 Å². The molecule has 0 amide bonds. The largest absolute Gasteiger partial charge is 0.508 e. The highest BCUT2D eigenvalue weighted by atomic mass is 19.3.